The highest BCUT2D eigenvalue weighted by molar-refractivity contribution is 5.97. The Morgan fingerprint density at radius 3 is 2.33 bits per heavy atom. The SMILES string of the molecule is NCC(=O)c1ccc(CF)cc1. The van der Waals surface area contributed by atoms with Gasteiger partial charge in [-0.2, -0.15) is 0 Å². The van der Waals surface area contributed by atoms with Crippen LogP contribution >= 0.6 is 0 Å². The molecule has 2 nitrogen and oxygen atoms in total. The van der Waals surface area contributed by atoms with Crippen LogP contribution in [0.1, 0.15) is 15.9 Å². The molecule has 0 aliphatic carbocycles. The van der Waals surface area contributed by atoms with E-state index in [1.165, 1.54) is 0 Å². The molecule has 0 saturated carbocycles. The number of rotatable bonds is 3. The van der Waals surface area contributed by atoms with Gasteiger partial charge in [-0.15, -0.1) is 0 Å². The summed E-state index contributed by atoms with van der Waals surface area (Å²) >= 11 is 0. The van der Waals surface area contributed by atoms with Crippen molar-refractivity contribution in [2.24, 2.45) is 5.73 Å². The average Bonchev–Trinajstić information content (AvgIpc) is 2.17. The Labute approximate surface area is 70.2 Å². The zero-order chi connectivity index (χ0) is 8.97. The van der Waals surface area contributed by atoms with E-state index >= 15 is 0 Å². The lowest BCUT2D eigenvalue weighted by atomic mass is 10.1. The van der Waals surface area contributed by atoms with Crippen molar-refractivity contribution >= 4 is 5.78 Å². The number of ketones is 1. The van der Waals surface area contributed by atoms with Crippen LogP contribution in [0, 0.1) is 0 Å². The van der Waals surface area contributed by atoms with E-state index in [1.54, 1.807) is 24.3 Å². The third-order valence-electron chi connectivity index (χ3n) is 1.62. The number of hydrogen-bond donors (Lipinski definition) is 1. The first-order valence-electron chi connectivity index (χ1n) is 3.66. The third-order valence-corrected chi connectivity index (χ3v) is 1.62. The maximum absolute atomic E-state index is 12.0. The minimum Gasteiger partial charge on any atom is -0.324 e. The first-order valence-corrected chi connectivity index (χ1v) is 3.66. The van der Waals surface area contributed by atoms with Crippen LogP contribution in [0.2, 0.25) is 0 Å². The molecule has 0 aliphatic rings. The average molecular weight is 167 g/mol. The number of carbonyl (C=O) groups is 1. The van der Waals surface area contributed by atoms with Crippen LogP contribution in [0.25, 0.3) is 0 Å². The van der Waals surface area contributed by atoms with Crippen molar-refractivity contribution < 1.29 is 9.18 Å². The molecule has 1 aromatic carbocycles. The van der Waals surface area contributed by atoms with E-state index in [2.05, 4.69) is 0 Å². The number of halogens is 1. The molecule has 0 saturated heterocycles. The number of carbonyl (C=O) groups excluding carboxylic acids is 1. The van der Waals surface area contributed by atoms with E-state index in [-0.39, 0.29) is 12.3 Å². The quantitative estimate of drug-likeness (QED) is 0.689. The molecule has 2 N–H and O–H groups in total. The Bertz CT molecular complexity index is 268. The van der Waals surface area contributed by atoms with Crippen LogP contribution in [-0.4, -0.2) is 12.3 Å². The molecular weight excluding hydrogens is 157 g/mol. The lowest BCUT2D eigenvalue weighted by molar-refractivity contribution is 0.100. The van der Waals surface area contributed by atoms with Crippen LogP contribution in [0.3, 0.4) is 0 Å². The number of nitrogens with two attached hydrogens (primary N) is 1. The topological polar surface area (TPSA) is 43.1 Å². The highest BCUT2D eigenvalue weighted by atomic mass is 19.1. The highest BCUT2D eigenvalue weighted by Gasteiger charge is 2.01. The molecule has 64 valence electrons. The molecule has 0 unspecified atom stereocenters. The molecule has 1 aromatic rings. The molecule has 0 atom stereocenters. The Balaban J connectivity index is 2.84. The standard InChI is InChI=1S/C9H10FNO/c10-5-7-1-3-8(4-2-7)9(12)6-11/h1-4H,5-6,11H2. The summed E-state index contributed by atoms with van der Waals surface area (Å²) in [7, 11) is 0. The highest BCUT2D eigenvalue weighted by Crippen LogP contribution is 2.05. The Morgan fingerprint density at radius 2 is 1.92 bits per heavy atom. The van der Waals surface area contributed by atoms with Gasteiger partial charge in [-0.1, -0.05) is 24.3 Å². The summed E-state index contributed by atoms with van der Waals surface area (Å²) in [6.07, 6.45) is 0. The molecule has 0 aromatic heterocycles. The largest absolute Gasteiger partial charge is 0.324 e. The predicted octanol–water partition coefficient (Wildman–Crippen LogP) is 1.30. The van der Waals surface area contributed by atoms with Crippen molar-refractivity contribution in [1.82, 2.24) is 0 Å². The van der Waals surface area contributed by atoms with Gasteiger partial charge in [0, 0.05) is 5.56 Å². The van der Waals surface area contributed by atoms with Crippen molar-refractivity contribution in [2.45, 2.75) is 6.67 Å². The lowest BCUT2D eigenvalue weighted by Gasteiger charge is -1.98. The van der Waals surface area contributed by atoms with E-state index in [0.29, 0.717) is 11.1 Å². The smallest absolute Gasteiger partial charge is 0.176 e. The molecule has 12 heavy (non-hydrogen) atoms. The summed E-state index contributed by atoms with van der Waals surface area (Å²) in [4.78, 5) is 11.0. The van der Waals surface area contributed by atoms with Crippen LogP contribution < -0.4 is 5.73 Å². The molecule has 0 fully saturated rings. The summed E-state index contributed by atoms with van der Waals surface area (Å²) in [6, 6.07) is 6.35. The number of Topliss-reactive ketones (excluding diaryl/α,β-unsaturated/α-hetero) is 1. The minimum atomic E-state index is -0.503. The third kappa shape index (κ3) is 1.89. The Morgan fingerprint density at radius 1 is 1.33 bits per heavy atom. The molecular formula is C9H10FNO. The Hall–Kier alpha value is -1.22. The van der Waals surface area contributed by atoms with Gasteiger partial charge < -0.3 is 5.73 Å². The van der Waals surface area contributed by atoms with Gasteiger partial charge in [-0.05, 0) is 5.56 Å². The van der Waals surface area contributed by atoms with Crippen molar-refractivity contribution in [1.29, 1.82) is 0 Å². The molecule has 0 radical (unpaired) electrons. The van der Waals surface area contributed by atoms with Crippen molar-refractivity contribution in [3.63, 3.8) is 0 Å². The second-order valence-electron chi connectivity index (χ2n) is 2.46. The van der Waals surface area contributed by atoms with Crippen molar-refractivity contribution in [2.75, 3.05) is 6.54 Å². The van der Waals surface area contributed by atoms with Crippen molar-refractivity contribution in [3.05, 3.63) is 35.4 Å². The summed E-state index contributed by atoms with van der Waals surface area (Å²) < 4.78 is 12.0. The van der Waals surface area contributed by atoms with Gasteiger partial charge >= 0.3 is 0 Å². The molecule has 0 aliphatic heterocycles. The maximum atomic E-state index is 12.0. The summed E-state index contributed by atoms with van der Waals surface area (Å²) in [5, 5.41) is 0. The normalized spacial score (nSPS) is 9.83. The first kappa shape index (κ1) is 8.87. The van der Waals surface area contributed by atoms with Gasteiger partial charge in [-0.3, -0.25) is 4.79 Å². The number of alkyl halides is 1. The van der Waals surface area contributed by atoms with Crippen molar-refractivity contribution in [3.8, 4) is 0 Å². The number of benzene rings is 1. The van der Waals surface area contributed by atoms with Gasteiger partial charge in [0.25, 0.3) is 0 Å². The van der Waals surface area contributed by atoms with E-state index in [0.717, 1.165) is 0 Å². The van der Waals surface area contributed by atoms with E-state index < -0.39 is 6.67 Å². The molecule has 1 rings (SSSR count). The van der Waals surface area contributed by atoms with E-state index in [1.807, 2.05) is 0 Å². The van der Waals surface area contributed by atoms with Crippen LogP contribution in [0.15, 0.2) is 24.3 Å². The fourth-order valence-corrected chi connectivity index (χ4v) is 0.898. The molecule has 0 amide bonds. The second-order valence-corrected chi connectivity index (χ2v) is 2.46. The summed E-state index contributed by atoms with van der Waals surface area (Å²) in [5.74, 6) is -0.125. The Kier molecular flexibility index (Phi) is 2.94. The van der Waals surface area contributed by atoms with Gasteiger partial charge in [0.2, 0.25) is 0 Å². The lowest BCUT2D eigenvalue weighted by Crippen LogP contribution is -2.13. The summed E-state index contributed by atoms with van der Waals surface area (Å²) in [6.45, 7) is -0.508. The second kappa shape index (κ2) is 3.97. The monoisotopic (exact) mass is 167 g/mol. The molecule has 0 spiro atoms. The van der Waals surface area contributed by atoms with Crippen LogP contribution in [0.4, 0.5) is 4.39 Å². The zero-order valence-corrected chi connectivity index (χ0v) is 6.59. The first-order chi connectivity index (χ1) is 5.77. The fourth-order valence-electron chi connectivity index (χ4n) is 0.898. The van der Waals surface area contributed by atoms with Crippen LogP contribution in [0.5, 0.6) is 0 Å². The van der Waals surface area contributed by atoms with Crippen LogP contribution in [-0.2, 0) is 6.67 Å². The fraction of sp³-hybridized carbons (Fsp3) is 0.222. The molecule has 0 heterocycles. The van der Waals surface area contributed by atoms with Gasteiger partial charge in [0.05, 0.1) is 6.54 Å². The number of hydrogen-bond acceptors (Lipinski definition) is 2. The summed E-state index contributed by atoms with van der Waals surface area (Å²) in [5.41, 5.74) is 6.26. The van der Waals surface area contributed by atoms with Gasteiger partial charge in [-0.25, -0.2) is 4.39 Å². The zero-order valence-electron chi connectivity index (χ0n) is 6.59. The van der Waals surface area contributed by atoms with E-state index in [9.17, 15) is 9.18 Å². The molecule has 0 bridgehead atoms. The van der Waals surface area contributed by atoms with E-state index in [4.69, 9.17) is 5.73 Å². The maximum Gasteiger partial charge on any atom is 0.176 e. The van der Waals surface area contributed by atoms with Gasteiger partial charge in [0.1, 0.15) is 6.67 Å². The molecule has 3 heteroatoms. The predicted molar refractivity (Wildman–Crippen MR) is 44.6 cm³/mol. The van der Waals surface area contributed by atoms with Gasteiger partial charge in [0.15, 0.2) is 5.78 Å². The minimum absolute atomic E-state index is 0.00499.